The Labute approximate surface area is 195 Å². The van der Waals surface area contributed by atoms with Crippen molar-refractivity contribution in [3.8, 4) is 11.1 Å². The first-order valence-corrected chi connectivity index (χ1v) is 11.5. The molecule has 3 aromatic carbocycles. The van der Waals surface area contributed by atoms with Crippen molar-refractivity contribution in [2.24, 2.45) is 0 Å². The first-order valence-electron chi connectivity index (χ1n) is 11.5. The van der Waals surface area contributed by atoms with Gasteiger partial charge in [-0.3, -0.25) is 0 Å². The Hall–Kier alpha value is -3.44. The first-order chi connectivity index (χ1) is 16.0. The van der Waals surface area contributed by atoms with Crippen LogP contribution in [0, 0.1) is 0 Å². The molecular weight excluding hydrogens is 410 g/mol. The Morgan fingerprint density at radius 3 is 2.45 bits per heavy atom. The second kappa shape index (κ2) is 10.0. The van der Waals surface area contributed by atoms with Gasteiger partial charge in [0.15, 0.2) is 0 Å². The molecule has 0 bridgehead atoms. The SMILES string of the molecule is CCCCc1nc2cccc(CN(C)C)c2n1Cc1ccc(-c2ccccc2C(=O)O)cc1. The summed E-state index contributed by atoms with van der Waals surface area (Å²) in [6.07, 6.45) is 3.19. The molecule has 0 fully saturated rings. The fourth-order valence-corrected chi connectivity index (χ4v) is 4.37. The standard InChI is InChI=1S/C28H31N3O2/c1-4-5-13-26-29-25-12-8-9-22(19-30(2)3)27(25)31(26)18-20-14-16-21(17-15-20)23-10-6-7-11-24(23)28(32)33/h6-12,14-17H,4-5,13,18-19H2,1-3H3,(H,32,33). The van der Waals surface area contributed by atoms with E-state index in [0.29, 0.717) is 5.56 Å². The predicted molar refractivity (Wildman–Crippen MR) is 134 cm³/mol. The molecule has 5 heteroatoms. The number of carbonyl (C=O) groups is 1. The third kappa shape index (κ3) is 4.99. The van der Waals surface area contributed by atoms with E-state index in [4.69, 9.17) is 4.98 Å². The number of para-hydroxylation sites is 1. The van der Waals surface area contributed by atoms with Crippen molar-refractivity contribution in [1.29, 1.82) is 0 Å². The maximum Gasteiger partial charge on any atom is 0.336 e. The second-order valence-electron chi connectivity index (χ2n) is 8.79. The predicted octanol–water partition coefficient (Wildman–Crippen LogP) is 5.85. The fourth-order valence-electron chi connectivity index (χ4n) is 4.37. The van der Waals surface area contributed by atoms with Gasteiger partial charge in [-0.2, -0.15) is 0 Å². The second-order valence-corrected chi connectivity index (χ2v) is 8.79. The summed E-state index contributed by atoms with van der Waals surface area (Å²) in [6, 6.07) is 21.8. The van der Waals surface area contributed by atoms with Gasteiger partial charge in [0, 0.05) is 19.5 Å². The van der Waals surface area contributed by atoms with Crippen molar-refractivity contribution in [2.75, 3.05) is 14.1 Å². The number of carboxylic acid groups (broad SMARTS) is 1. The topological polar surface area (TPSA) is 58.4 Å². The van der Waals surface area contributed by atoms with Gasteiger partial charge in [0.05, 0.1) is 16.6 Å². The third-order valence-corrected chi connectivity index (χ3v) is 5.93. The smallest absolute Gasteiger partial charge is 0.336 e. The van der Waals surface area contributed by atoms with E-state index in [1.807, 2.05) is 24.3 Å². The molecule has 0 saturated heterocycles. The zero-order chi connectivity index (χ0) is 23.4. The minimum Gasteiger partial charge on any atom is -0.478 e. The number of rotatable bonds is 9. The number of carboxylic acids is 1. The summed E-state index contributed by atoms with van der Waals surface area (Å²) in [5.41, 5.74) is 6.67. The molecule has 4 aromatic rings. The van der Waals surface area contributed by atoms with E-state index >= 15 is 0 Å². The molecule has 1 N–H and O–H groups in total. The molecule has 5 nitrogen and oxygen atoms in total. The van der Waals surface area contributed by atoms with Crippen molar-refractivity contribution >= 4 is 17.0 Å². The number of unbranched alkanes of at least 4 members (excludes halogenated alkanes) is 1. The maximum atomic E-state index is 11.6. The molecule has 0 saturated carbocycles. The number of benzene rings is 3. The van der Waals surface area contributed by atoms with Gasteiger partial charge >= 0.3 is 5.97 Å². The number of aromatic carboxylic acids is 1. The summed E-state index contributed by atoms with van der Waals surface area (Å²) in [5.74, 6) is 0.215. The van der Waals surface area contributed by atoms with E-state index in [1.165, 1.54) is 16.6 Å². The van der Waals surface area contributed by atoms with Crippen molar-refractivity contribution in [2.45, 2.75) is 39.3 Å². The number of fused-ring (bicyclic) bond motifs is 1. The third-order valence-electron chi connectivity index (χ3n) is 5.93. The van der Waals surface area contributed by atoms with Gasteiger partial charge < -0.3 is 14.6 Å². The monoisotopic (exact) mass is 441 g/mol. The molecule has 0 amide bonds. The zero-order valence-electron chi connectivity index (χ0n) is 19.6. The number of aromatic nitrogens is 2. The molecule has 0 spiro atoms. The number of hydrogen-bond acceptors (Lipinski definition) is 3. The number of aryl methyl sites for hydroxylation is 1. The van der Waals surface area contributed by atoms with Crippen LogP contribution in [-0.4, -0.2) is 39.6 Å². The largest absolute Gasteiger partial charge is 0.478 e. The molecule has 1 aromatic heterocycles. The molecule has 4 rings (SSSR count). The normalized spacial score (nSPS) is 11.4. The van der Waals surface area contributed by atoms with Crippen LogP contribution < -0.4 is 0 Å². The molecule has 170 valence electrons. The summed E-state index contributed by atoms with van der Waals surface area (Å²) in [7, 11) is 4.18. The van der Waals surface area contributed by atoms with Crippen LogP contribution in [-0.2, 0) is 19.5 Å². The molecule has 0 atom stereocenters. The Bertz CT molecular complexity index is 1260. The van der Waals surface area contributed by atoms with Crippen LogP contribution in [0.4, 0.5) is 0 Å². The van der Waals surface area contributed by atoms with E-state index in [-0.39, 0.29) is 0 Å². The lowest BCUT2D eigenvalue weighted by Crippen LogP contribution is -2.13. The van der Waals surface area contributed by atoms with E-state index in [9.17, 15) is 9.90 Å². The number of imidazole rings is 1. The Morgan fingerprint density at radius 1 is 1.00 bits per heavy atom. The van der Waals surface area contributed by atoms with Crippen molar-refractivity contribution in [3.63, 3.8) is 0 Å². The highest BCUT2D eigenvalue weighted by molar-refractivity contribution is 5.96. The summed E-state index contributed by atoms with van der Waals surface area (Å²) < 4.78 is 2.37. The Morgan fingerprint density at radius 2 is 1.76 bits per heavy atom. The maximum absolute atomic E-state index is 11.6. The lowest BCUT2D eigenvalue weighted by Gasteiger charge is -2.15. The number of nitrogens with zero attached hydrogens (tertiary/aromatic N) is 3. The van der Waals surface area contributed by atoms with Crippen molar-refractivity contribution < 1.29 is 9.90 Å². The van der Waals surface area contributed by atoms with Crippen LogP contribution in [0.1, 0.15) is 47.1 Å². The van der Waals surface area contributed by atoms with Crippen LogP contribution in [0.25, 0.3) is 22.2 Å². The average molecular weight is 442 g/mol. The summed E-state index contributed by atoms with van der Waals surface area (Å²) in [4.78, 5) is 18.8. The van der Waals surface area contributed by atoms with Gasteiger partial charge in [0.1, 0.15) is 5.82 Å². The van der Waals surface area contributed by atoms with E-state index < -0.39 is 5.97 Å². The van der Waals surface area contributed by atoms with Crippen molar-refractivity contribution in [3.05, 3.63) is 89.2 Å². The molecular formula is C28H31N3O2. The molecule has 33 heavy (non-hydrogen) atoms. The quantitative estimate of drug-likeness (QED) is 0.354. The fraction of sp³-hybridized carbons (Fsp3) is 0.286. The van der Waals surface area contributed by atoms with Gasteiger partial charge in [-0.05, 0) is 54.9 Å². The van der Waals surface area contributed by atoms with Crippen LogP contribution >= 0.6 is 0 Å². The first kappa shape index (κ1) is 22.7. The van der Waals surface area contributed by atoms with Crippen LogP contribution in [0.15, 0.2) is 66.7 Å². The minimum absolute atomic E-state index is 0.320. The van der Waals surface area contributed by atoms with E-state index in [0.717, 1.165) is 54.8 Å². The van der Waals surface area contributed by atoms with Gasteiger partial charge in [-0.15, -0.1) is 0 Å². The highest BCUT2D eigenvalue weighted by atomic mass is 16.4. The summed E-state index contributed by atoms with van der Waals surface area (Å²) in [6.45, 7) is 3.81. The number of hydrogen-bond donors (Lipinski definition) is 1. The zero-order valence-corrected chi connectivity index (χ0v) is 19.6. The van der Waals surface area contributed by atoms with Gasteiger partial charge in [-0.25, -0.2) is 9.78 Å². The average Bonchev–Trinajstić information content (AvgIpc) is 3.16. The lowest BCUT2D eigenvalue weighted by atomic mass is 9.98. The van der Waals surface area contributed by atoms with E-state index in [1.54, 1.807) is 12.1 Å². The minimum atomic E-state index is -0.909. The van der Waals surface area contributed by atoms with E-state index in [2.05, 4.69) is 60.8 Å². The highest BCUT2D eigenvalue weighted by Crippen LogP contribution is 2.27. The molecule has 0 aliphatic carbocycles. The molecule has 0 radical (unpaired) electrons. The summed E-state index contributed by atoms with van der Waals surface area (Å²) >= 11 is 0. The van der Waals surface area contributed by atoms with Gasteiger partial charge in [0.2, 0.25) is 0 Å². The van der Waals surface area contributed by atoms with Crippen LogP contribution in [0.2, 0.25) is 0 Å². The van der Waals surface area contributed by atoms with Gasteiger partial charge in [-0.1, -0.05) is 67.9 Å². The highest BCUT2D eigenvalue weighted by Gasteiger charge is 2.15. The Balaban J connectivity index is 1.72. The summed E-state index contributed by atoms with van der Waals surface area (Å²) in [5, 5.41) is 9.53. The van der Waals surface area contributed by atoms with Gasteiger partial charge in [0.25, 0.3) is 0 Å². The Kier molecular flexibility index (Phi) is 6.90. The van der Waals surface area contributed by atoms with Crippen LogP contribution in [0.3, 0.4) is 0 Å². The molecule has 0 aliphatic rings. The molecule has 0 aliphatic heterocycles. The van der Waals surface area contributed by atoms with Crippen LogP contribution in [0.5, 0.6) is 0 Å². The molecule has 1 heterocycles. The molecule has 0 unspecified atom stereocenters. The lowest BCUT2D eigenvalue weighted by molar-refractivity contribution is 0.0697. The van der Waals surface area contributed by atoms with Crippen molar-refractivity contribution in [1.82, 2.24) is 14.5 Å².